The van der Waals surface area contributed by atoms with Crippen molar-refractivity contribution in [3.63, 3.8) is 0 Å². The first-order valence-electron chi connectivity index (χ1n) is 19.2. The Kier molecular flexibility index (Phi) is 10.5. The van der Waals surface area contributed by atoms with Crippen LogP contribution in [0.3, 0.4) is 0 Å². The lowest BCUT2D eigenvalue weighted by molar-refractivity contribution is 0.0662. The third-order valence-electron chi connectivity index (χ3n) is 10.3. The number of rotatable bonds is 8. The van der Waals surface area contributed by atoms with Crippen LogP contribution in [0.4, 0.5) is 11.6 Å². The molecule has 0 unspecified atom stereocenters. The summed E-state index contributed by atoms with van der Waals surface area (Å²) in [6, 6.07) is 23.9. The number of hydrogen-bond acceptors (Lipinski definition) is 14. The van der Waals surface area contributed by atoms with E-state index < -0.39 is 0 Å². The van der Waals surface area contributed by atoms with Gasteiger partial charge in [-0.1, -0.05) is 53.7 Å². The van der Waals surface area contributed by atoms with Gasteiger partial charge in [0.25, 0.3) is 11.8 Å². The van der Waals surface area contributed by atoms with Crippen LogP contribution in [0, 0.1) is 0 Å². The molecule has 16 heteroatoms. The monoisotopic (exact) mass is 775 g/mol. The van der Waals surface area contributed by atoms with Crippen molar-refractivity contribution < 1.29 is 13.7 Å². The number of hydrogen-bond donors (Lipinski definition) is 3. The van der Waals surface area contributed by atoms with Gasteiger partial charge in [-0.2, -0.15) is 15.2 Å². The van der Waals surface area contributed by atoms with Crippen LogP contribution in [0.1, 0.15) is 37.8 Å². The number of piperidine rings is 1. The lowest BCUT2D eigenvalue weighted by atomic mass is 10.1. The van der Waals surface area contributed by atoms with Crippen LogP contribution in [0.25, 0.3) is 68.0 Å². The fourth-order valence-electron chi connectivity index (χ4n) is 7.07. The minimum atomic E-state index is 0.340. The average molecular weight is 776 g/mol. The van der Waals surface area contributed by atoms with E-state index in [9.17, 15) is 0 Å². The largest absolute Gasteiger partial charge is 0.416 e. The van der Waals surface area contributed by atoms with Crippen LogP contribution in [0.15, 0.2) is 119 Å². The van der Waals surface area contributed by atoms with Gasteiger partial charge in [-0.25, -0.2) is 9.97 Å². The zero-order valence-electron chi connectivity index (χ0n) is 31.6. The topological polar surface area (TPSA) is 213 Å². The molecule has 2 aliphatic heterocycles. The molecule has 58 heavy (non-hydrogen) atoms. The van der Waals surface area contributed by atoms with E-state index >= 15 is 0 Å². The zero-order valence-corrected chi connectivity index (χ0v) is 31.6. The molecular formula is C42H41N13O3. The minimum Gasteiger partial charge on any atom is -0.416 e. The Labute approximate surface area is 333 Å². The number of anilines is 2. The Morgan fingerprint density at radius 1 is 0.586 bits per heavy atom. The van der Waals surface area contributed by atoms with Crippen molar-refractivity contribution in [2.45, 2.75) is 37.8 Å². The fourth-order valence-corrected chi connectivity index (χ4v) is 7.07. The van der Waals surface area contributed by atoms with Gasteiger partial charge in [0, 0.05) is 71.4 Å². The van der Waals surface area contributed by atoms with Crippen molar-refractivity contribution in [1.82, 2.24) is 55.2 Å². The molecule has 10 rings (SSSR count). The van der Waals surface area contributed by atoms with E-state index in [1.54, 1.807) is 12.4 Å². The second-order valence-electron chi connectivity index (χ2n) is 14.1. The molecule has 2 saturated heterocycles. The highest BCUT2D eigenvalue weighted by Gasteiger charge is 2.21. The molecule has 2 fully saturated rings. The number of nitrogens with two attached hydrogens (primary N) is 2. The van der Waals surface area contributed by atoms with Crippen molar-refractivity contribution in [1.29, 1.82) is 0 Å². The van der Waals surface area contributed by atoms with E-state index in [0.717, 1.165) is 85.4 Å². The summed E-state index contributed by atoms with van der Waals surface area (Å²) < 4.78 is 20.8. The Hall–Kier alpha value is -7.04. The maximum absolute atomic E-state index is 6.10. The van der Waals surface area contributed by atoms with Crippen molar-refractivity contribution in [2.24, 2.45) is 0 Å². The van der Waals surface area contributed by atoms with E-state index in [1.807, 2.05) is 101 Å². The zero-order chi connectivity index (χ0) is 39.3. The molecule has 2 aliphatic rings. The number of benzene rings is 2. The molecule has 0 bridgehead atoms. The van der Waals surface area contributed by atoms with Crippen LogP contribution in [-0.4, -0.2) is 76.2 Å². The summed E-state index contributed by atoms with van der Waals surface area (Å²) in [6.45, 7) is 3.59. The van der Waals surface area contributed by atoms with Crippen LogP contribution >= 0.6 is 0 Å². The average Bonchev–Trinajstić information content (AvgIpc) is 4.14. The van der Waals surface area contributed by atoms with Gasteiger partial charge in [0.15, 0.2) is 0 Å². The van der Waals surface area contributed by atoms with Gasteiger partial charge in [-0.15, -0.1) is 10.2 Å². The maximum Gasteiger partial charge on any atom is 0.262 e. The van der Waals surface area contributed by atoms with E-state index in [1.165, 1.54) is 0 Å². The third kappa shape index (κ3) is 7.96. The van der Waals surface area contributed by atoms with Crippen LogP contribution in [-0.2, 0) is 4.74 Å². The molecule has 0 spiro atoms. The summed E-state index contributed by atoms with van der Waals surface area (Å²) in [6.07, 6.45) is 15.4. The van der Waals surface area contributed by atoms with Crippen molar-refractivity contribution >= 4 is 11.6 Å². The quantitative estimate of drug-likeness (QED) is 0.145. The second kappa shape index (κ2) is 16.6. The molecule has 5 N–H and O–H groups in total. The summed E-state index contributed by atoms with van der Waals surface area (Å²) >= 11 is 0. The van der Waals surface area contributed by atoms with Crippen LogP contribution in [0.5, 0.6) is 0 Å². The van der Waals surface area contributed by atoms with Gasteiger partial charge in [0.1, 0.15) is 11.6 Å². The lowest BCUT2D eigenvalue weighted by Gasteiger charge is -2.22. The van der Waals surface area contributed by atoms with Crippen molar-refractivity contribution in [3.05, 3.63) is 110 Å². The minimum absolute atomic E-state index is 0.340. The molecule has 0 aliphatic carbocycles. The second-order valence-corrected chi connectivity index (χ2v) is 14.1. The van der Waals surface area contributed by atoms with Crippen LogP contribution in [0.2, 0.25) is 0 Å². The van der Waals surface area contributed by atoms with Crippen molar-refractivity contribution in [3.8, 4) is 68.0 Å². The SMILES string of the molecule is Nc1ncc(-c2cnn(C3CCNCC3)c2)cc1-c1nc(-c2ccccc2)no1.Nc1ncc(-c2cnn(C3CCOCC3)c2)cc1-c1nnc(-c2ccccc2)o1. The fraction of sp³-hybridized carbons (Fsp3) is 0.238. The van der Waals surface area contributed by atoms with Crippen molar-refractivity contribution in [2.75, 3.05) is 37.8 Å². The number of nitrogens with one attached hydrogen (secondary N) is 1. The van der Waals surface area contributed by atoms with E-state index in [-0.39, 0.29) is 0 Å². The number of nitrogens with zero attached hydrogens (tertiary/aromatic N) is 10. The molecule has 8 heterocycles. The van der Waals surface area contributed by atoms with Gasteiger partial charge >= 0.3 is 0 Å². The van der Waals surface area contributed by atoms with Gasteiger partial charge < -0.3 is 30.5 Å². The Bertz CT molecular complexity index is 2410. The Morgan fingerprint density at radius 2 is 1.14 bits per heavy atom. The van der Waals surface area contributed by atoms with Gasteiger partial charge in [-0.05, 0) is 63.0 Å². The molecule has 0 saturated carbocycles. The molecule has 292 valence electrons. The number of pyridine rings is 2. The Morgan fingerprint density at radius 3 is 1.76 bits per heavy atom. The molecule has 6 aromatic heterocycles. The highest BCUT2D eigenvalue weighted by Crippen LogP contribution is 2.33. The van der Waals surface area contributed by atoms with E-state index in [4.69, 9.17) is 25.1 Å². The smallest absolute Gasteiger partial charge is 0.262 e. The van der Waals surface area contributed by atoms with Gasteiger partial charge in [0.05, 0.1) is 35.6 Å². The molecule has 2 aromatic carbocycles. The maximum atomic E-state index is 6.10. The van der Waals surface area contributed by atoms with E-state index in [2.05, 4.69) is 52.0 Å². The summed E-state index contributed by atoms with van der Waals surface area (Å²) in [5.74, 6) is 2.34. The highest BCUT2D eigenvalue weighted by molar-refractivity contribution is 5.76. The first-order chi connectivity index (χ1) is 28.6. The molecule has 0 amide bonds. The summed E-state index contributed by atoms with van der Waals surface area (Å²) in [7, 11) is 0. The van der Waals surface area contributed by atoms with Crippen LogP contribution < -0.4 is 16.8 Å². The molecular weight excluding hydrogens is 735 g/mol. The van der Waals surface area contributed by atoms with Gasteiger partial charge in [-0.3, -0.25) is 9.36 Å². The first-order valence-corrected chi connectivity index (χ1v) is 19.2. The predicted molar refractivity (Wildman–Crippen MR) is 217 cm³/mol. The number of nitrogen functional groups attached to an aromatic ring is 2. The highest BCUT2D eigenvalue weighted by atomic mass is 16.5. The molecule has 0 atom stereocenters. The van der Waals surface area contributed by atoms with E-state index in [0.29, 0.717) is 58.3 Å². The molecule has 0 radical (unpaired) electrons. The first kappa shape index (κ1) is 36.6. The molecule has 8 aromatic rings. The van der Waals surface area contributed by atoms with Gasteiger partial charge in [0.2, 0.25) is 11.7 Å². The number of ether oxygens (including phenoxy) is 1. The standard InChI is InChI=1S/C21H21N7O.C21H20N6O2/c22-19-18(21-26-20(27-29-21)14-4-2-1-3-5-14)10-15(11-24-19)16-12-25-28(13-16)17-6-8-23-9-7-17;22-19-18(21-26-25-20(29-21)14-4-2-1-3-5-14)10-15(11-23-19)16-12-24-27(13-16)17-6-8-28-9-7-17/h1-5,10-13,17,23H,6-9H2,(H2,22,24);1-5,10-13,17H,6-9H2,(H2,22,23). The summed E-state index contributed by atoms with van der Waals surface area (Å²) in [5, 5.41) is 24.9. The lowest BCUT2D eigenvalue weighted by Crippen LogP contribution is -2.29. The Balaban J connectivity index is 0.000000150. The third-order valence-corrected chi connectivity index (χ3v) is 10.3. The predicted octanol–water partition coefficient (Wildman–Crippen LogP) is 6.76. The molecule has 16 nitrogen and oxygen atoms in total. The number of aromatic nitrogens is 10. The summed E-state index contributed by atoms with van der Waals surface area (Å²) in [5.41, 5.74) is 18.9. The normalized spacial score (nSPS) is 14.9. The summed E-state index contributed by atoms with van der Waals surface area (Å²) in [4.78, 5) is 13.2.